The highest BCUT2D eigenvalue weighted by atomic mass is 16.5. The average Bonchev–Trinajstić information content (AvgIpc) is 3.49. The lowest BCUT2D eigenvalue weighted by molar-refractivity contribution is 0.183. The summed E-state index contributed by atoms with van der Waals surface area (Å²) in [5.74, 6) is 2.16. The second-order valence-corrected chi connectivity index (χ2v) is 10.6. The second-order valence-electron chi connectivity index (χ2n) is 10.6. The van der Waals surface area contributed by atoms with E-state index >= 15 is 0 Å². The molecule has 1 aromatic heterocycles. The van der Waals surface area contributed by atoms with Gasteiger partial charge in [0, 0.05) is 56.8 Å². The molecule has 39 heavy (non-hydrogen) atoms. The topological polar surface area (TPSA) is 59.1 Å². The number of aromatic nitrogens is 1. The summed E-state index contributed by atoms with van der Waals surface area (Å²) in [4.78, 5) is 9.14. The molecule has 2 aliphatic rings. The third kappa shape index (κ3) is 7.22. The molecule has 3 aromatic rings. The number of hydrogen-bond acceptors (Lipinski definition) is 7. The van der Waals surface area contributed by atoms with Gasteiger partial charge in [0.1, 0.15) is 0 Å². The molecule has 2 heterocycles. The van der Waals surface area contributed by atoms with Gasteiger partial charge < -0.3 is 29.3 Å². The summed E-state index contributed by atoms with van der Waals surface area (Å²) in [6, 6.07) is 19.2. The molecule has 7 nitrogen and oxygen atoms in total. The van der Waals surface area contributed by atoms with Gasteiger partial charge in [0.15, 0.2) is 11.5 Å². The Morgan fingerprint density at radius 1 is 1.03 bits per heavy atom. The fourth-order valence-corrected chi connectivity index (χ4v) is 5.62. The fourth-order valence-electron chi connectivity index (χ4n) is 5.62. The van der Waals surface area contributed by atoms with E-state index in [9.17, 15) is 0 Å². The minimum Gasteiger partial charge on any atom is -0.490 e. The number of hydrogen-bond donors (Lipinski definition) is 1. The molecule has 0 bridgehead atoms. The van der Waals surface area contributed by atoms with E-state index in [1.807, 2.05) is 30.6 Å². The molecule has 0 spiro atoms. The average molecular weight is 531 g/mol. The van der Waals surface area contributed by atoms with Crippen LogP contribution in [0.25, 0.3) is 0 Å². The monoisotopic (exact) mass is 530 g/mol. The Labute approximate surface area is 233 Å². The molecular formula is C32H42N4O3. The van der Waals surface area contributed by atoms with Crippen molar-refractivity contribution in [3.63, 3.8) is 0 Å². The highest BCUT2D eigenvalue weighted by Crippen LogP contribution is 2.48. The lowest BCUT2D eigenvalue weighted by atomic mass is 10.1. The number of para-hydroxylation sites is 1. The van der Waals surface area contributed by atoms with Gasteiger partial charge in [-0.2, -0.15) is 0 Å². The van der Waals surface area contributed by atoms with Crippen molar-refractivity contribution in [1.29, 1.82) is 0 Å². The molecule has 1 saturated carbocycles. The minimum absolute atomic E-state index is 0.179. The summed E-state index contributed by atoms with van der Waals surface area (Å²) in [7, 11) is 1.71. The van der Waals surface area contributed by atoms with Gasteiger partial charge in [0.05, 0.1) is 25.5 Å². The van der Waals surface area contributed by atoms with Gasteiger partial charge in [0.2, 0.25) is 5.75 Å². The minimum atomic E-state index is 0.179. The summed E-state index contributed by atoms with van der Waals surface area (Å²) >= 11 is 0. The van der Waals surface area contributed by atoms with E-state index in [-0.39, 0.29) is 6.10 Å². The molecule has 2 aromatic carbocycles. The fraction of sp³-hybridized carbons (Fsp3) is 0.469. The van der Waals surface area contributed by atoms with Crippen LogP contribution in [0.5, 0.6) is 17.2 Å². The summed E-state index contributed by atoms with van der Waals surface area (Å²) in [6.07, 6.45) is 9.38. The number of benzene rings is 2. The SMILES string of the molecule is COc1c(OCCCN2CCNC(C)C2)ccc(N(Cc2cccnc2)c2ccccc2)c1OC1CCCC1. The van der Waals surface area contributed by atoms with E-state index in [2.05, 4.69) is 63.4 Å². The first-order valence-electron chi connectivity index (χ1n) is 14.4. The Morgan fingerprint density at radius 2 is 1.87 bits per heavy atom. The molecule has 1 saturated heterocycles. The number of ether oxygens (including phenoxy) is 3. The normalized spacial score (nSPS) is 18.2. The van der Waals surface area contributed by atoms with Crippen molar-refractivity contribution in [1.82, 2.24) is 15.2 Å². The van der Waals surface area contributed by atoms with Crippen molar-refractivity contribution in [3.8, 4) is 17.2 Å². The number of piperazine rings is 1. The van der Waals surface area contributed by atoms with Crippen molar-refractivity contribution in [3.05, 3.63) is 72.6 Å². The van der Waals surface area contributed by atoms with E-state index in [0.717, 1.165) is 73.9 Å². The summed E-state index contributed by atoms with van der Waals surface area (Å²) in [6.45, 7) is 7.80. The predicted octanol–water partition coefficient (Wildman–Crippen LogP) is 5.81. The van der Waals surface area contributed by atoms with Crippen molar-refractivity contribution < 1.29 is 14.2 Å². The molecule has 1 aliphatic heterocycles. The molecule has 208 valence electrons. The van der Waals surface area contributed by atoms with Crippen LogP contribution in [0.4, 0.5) is 11.4 Å². The van der Waals surface area contributed by atoms with Gasteiger partial charge in [-0.1, -0.05) is 24.3 Å². The van der Waals surface area contributed by atoms with Gasteiger partial charge in [-0.3, -0.25) is 4.98 Å². The van der Waals surface area contributed by atoms with Crippen molar-refractivity contribution in [2.24, 2.45) is 0 Å². The Bertz CT molecular complexity index is 1150. The van der Waals surface area contributed by atoms with E-state index in [4.69, 9.17) is 14.2 Å². The molecule has 2 fully saturated rings. The maximum Gasteiger partial charge on any atom is 0.205 e. The molecule has 1 atom stereocenters. The predicted molar refractivity (Wildman–Crippen MR) is 156 cm³/mol. The number of nitrogens with one attached hydrogen (secondary N) is 1. The van der Waals surface area contributed by atoms with Gasteiger partial charge in [0.25, 0.3) is 0 Å². The summed E-state index contributed by atoms with van der Waals surface area (Å²) in [5.41, 5.74) is 3.17. The van der Waals surface area contributed by atoms with Gasteiger partial charge >= 0.3 is 0 Å². The van der Waals surface area contributed by atoms with Crippen LogP contribution in [0.3, 0.4) is 0 Å². The number of pyridine rings is 1. The quantitative estimate of drug-likeness (QED) is 0.297. The molecular weight excluding hydrogens is 488 g/mol. The van der Waals surface area contributed by atoms with Gasteiger partial charge in [-0.15, -0.1) is 0 Å². The van der Waals surface area contributed by atoms with Gasteiger partial charge in [-0.25, -0.2) is 0 Å². The Hall–Kier alpha value is -3.29. The zero-order valence-corrected chi connectivity index (χ0v) is 23.4. The molecule has 7 heteroatoms. The van der Waals surface area contributed by atoms with E-state index in [1.165, 1.54) is 12.8 Å². The van der Waals surface area contributed by atoms with Crippen molar-refractivity contribution in [2.45, 2.75) is 57.7 Å². The van der Waals surface area contributed by atoms with Crippen LogP contribution in [-0.4, -0.2) is 61.9 Å². The highest BCUT2D eigenvalue weighted by Gasteiger charge is 2.27. The van der Waals surface area contributed by atoms with Crippen LogP contribution < -0.4 is 24.4 Å². The number of anilines is 2. The Balaban J connectivity index is 1.41. The first-order valence-corrected chi connectivity index (χ1v) is 14.4. The lowest BCUT2D eigenvalue weighted by Crippen LogP contribution is -2.49. The first kappa shape index (κ1) is 27.3. The standard InChI is InChI=1S/C32H42N4O3/c1-25-23-35(20-18-34-25)19-9-21-38-30-16-15-29(31(32(30)37-2)39-28-13-6-7-14-28)36(27-11-4-3-5-12-27)24-26-10-8-17-33-22-26/h3-5,8,10-12,15-17,22,25,28,34H,6-7,9,13-14,18-21,23-24H2,1-2H3. The van der Waals surface area contributed by atoms with Gasteiger partial charge in [-0.05, 0) is 74.9 Å². The Kier molecular flexibility index (Phi) is 9.57. The van der Waals surface area contributed by atoms with Crippen LogP contribution in [0.2, 0.25) is 0 Å². The smallest absolute Gasteiger partial charge is 0.205 e. The second kappa shape index (κ2) is 13.7. The third-order valence-corrected chi connectivity index (χ3v) is 7.60. The molecule has 5 rings (SSSR count). The van der Waals surface area contributed by atoms with E-state index in [1.54, 1.807) is 7.11 Å². The molecule has 0 radical (unpaired) electrons. The third-order valence-electron chi connectivity index (χ3n) is 7.60. The van der Waals surface area contributed by atoms with Crippen LogP contribution in [0, 0.1) is 0 Å². The number of methoxy groups -OCH3 is 1. The van der Waals surface area contributed by atoms with E-state index < -0.39 is 0 Å². The molecule has 1 unspecified atom stereocenters. The van der Waals surface area contributed by atoms with Crippen molar-refractivity contribution >= 4 is 11.4 Å². The molecule has 1 N–H and O–H groups in total. The highest BCUT2D eigenvalue weighted by molar-refractivity contribution is 5.75. The number of rotatable bonds is 12. The summed E-state index contributed by atoms with van der Waals surface area (Å²) in [5, 5.41) is 3.51. The molecule has 0 amide bonds. The van der Waals surface area contributed by atoms with Crippen molar-refractivity contribution in [2.75, 3.05) is 44.8 Å². The largest absolute Gasteiger partial charge is 0.490 e. The maximum absolute atomic E-state index is 6.75. The zero-order valence-electron chi connectivity index (χ0n) is 23.4. The van der Waals surface area contributed by atoms with Crippen LogP contribution >= 0.6 is 0 Å². The zero-order chi connectivity index (χ0) is 26.9. The van der Waals surface area contributed by atoms with Crippen LogP contribution in [-0.2, 0) is 6.54 Å². The Morgan fingerprint density at radius 3 is 2.62 bits per heavy atom. The summed E-state index contributed by atoms with van der Waals surface area (Å²) < 4.78 is 19.1. The molecule has 1 aliphatic carbocycles. The maximum atomic E-state index is 6.75. The van der Waals surface area contributed by atoms with Crippen LogP contribution in [0.15, 0.2) is 67.0 Å². The first-order chi connectivity index (χ1) is 19.2. The number of nitrogens with zero attached hydrogens (tertiary/aromatic N) is 3. The lowest BCUT2D eigenvalue weighted by Gasteiger charge is -2.31. The van der Waals surface area contributed by atoms with Crippen LogP contribution in [0.1, 0.15) is 44.6 Å². The van der Waals surface area contributed by atoms with E-state index in [0.29, 0.717) is 24.9 Å².